The van der Waals surface area contributed by atoms with Crippen molar-refractivity contribution in [1.82, 2.24) is 20.4 Å². The lowest BCUT2D eigenvalue weighted by Gasteiger charge is -2.34. The average Bonchev–Trinajstić information content (AvgIpc) is 3.25. The molecule has 0 aliphatic carbocycles. The van der Waals surface area contributed by atoms with Gasteiger partial charge in [-0.1, -0.05) is 6.07 Å². The standard InChI is InChI=1S/C19H28N4O4S/c1-19(2)17(25)23(18(26)21-19)7-3-6-16(24)20-13-14(15-5-4-12-28-15)22-8-10-27-11-9-22/h4-5,12,14H,3,6-11,13H2,1-2H3,(H,20,24)(H,21,26). The monoisotopic (exact) mass is 408 g/mol. The number of carbonyl (C=O) groups excluding carboxylic acids is 3. The Morgan fingerprint density at radius 1 is 1.36 bits per heavy atom. The number of nitrogens with one attached hydrogen (secondary N) is 2. The number of morpholine rings is 1. The summed E-state index contributed by atoms with van der Waals surface area (Å²) in [6.07, 6.45) is 0.722. The van der Waals surface area contributed by atoms with Gasteiger partial charge in [-0.3, -0.25) is 19.4 Å². The van der Waals surface area contributed by atoms with E-state index in [-0.39, 0.29) is 36.9 Å². The molecule has 0 aromatic carbocycles. The molecular formula is C19H28N4O4S. The molecule has 28 heavy (non-hydrogen) atoms. The molecule has 1 aromatic heterocycles. The highest BCUT2D eigenvalue weighted by Crippen LogP contribution is 2.25. The fourth-order valence-corrected chi connectivity index (χ4v) is 4.36. The summed E-state index contributed by atoms with van der Waals surface area (Å²) in [6.45, 7) is 7.25. The van der Waals surface area contributed by atoms with Gasteiger partial charge in [0.05, 0.1) is 19.3 Å². The molecule has 2 aliphatic heterocycles. The second-order valence-electron chi connectivity index (χ2n) is 7.60. The van der Waals surface area contributed by atoms with Gasteiger partial charge in [0, 0.05) is 37.5 Å². The van der Waals surface area contributed by atoms with Gasteiger partial charge in [-0.15, -0.1) is 11.3 Å². The molecule has 0 radical (unpaired) electrons. The smallest absolute Gasteiger partial charge is 0.325 e. The largest absolute Gasteiger partial charge is 0.379 e. The van der Waals surface area contributed by atoms with E-state index in [2.05, 4.69) is 21.6 Å². The van der Waals surface area contributed by atoms with Crippen molar-refractivity contribution in [1.29, 1.82) is 0 Å². The van der Waals surface area contributed by atoms with Crippen molar-refractivity contribution < 1.29 is 19.1 Å². The summed E-state index contributed by atoms with van der Waals surface area (Å²) in [6, 6.07) is 3.87. The van der Waals surface area contributed by atoms with E-state index in [0.29, 0.717) is 26.2 Å². The molecule has 0 saturated carbocycles. The van der Waals surface area contributed by atoms with Crippen LogP contribution in [0.2, 0.25) is 0 Å². The number of hydrogen-bond acceptors (Lipinski definition) is 6. The molecule has 2 saturated heterocycles. The maximum Gasteiger partial charge on any atom is 0.325 e. The molecule has 2 N–H and O–H groups in total. The highest BCUT2D eigenvalue weighted by Gasteiger charge is 2.43. The van der Waals surface area contributed by atoms with Crippen molar-refractivity contribution in [3.63, 3.8) is 0 Å². The number of carbonyl (C=O) groups is 3. The summed E-state index contributed by atoms with van der Waals surface area (Å²) in [5.41, 5.74) is -0.870. The predicted molar refractivity (Wildman–Crippen MR) is 106 cm³/mol. The number of imide groups is 1. The van der Waals surface area contributed by atoms with Crippen LogP contribution in [0.1, 0.15) is 37.6 Å². The quantitative estimate of drug-likeness (QED) is 0.634. The molecule has 0 spiro atoms. The van der Waals surface area contributed by atoms with E-state index in [0.717, 1.165) is 13.1 Å². The normalized spacial score (nSPS) is 20.9. The van der Waals surface area contributed by atoms with E-state index in [1.807, 2.05) is 11.4 Å². The van der Waals surface area contributed by atoms with Crippen molar-refractivity contribution in [3.8, 4) is 0 Å². The highest BCUT2D eigenvalue weighted by molar-refractivity contribution is 7.10. The SMILES string of the molecule is CC1(C)NC(=O)N(CCCC(=O)NCC(c2cccs2)N2CCOCC2)C1=O. The molecule has 2 fully saturated rings. The van der Waals surface area contributed by atoms with Crippen LogP contribution in [0.5, 0.6) is 0 Å². The summed E-state index contributed by atoms with van der Waals surface area (Å²) in [5, 5.41) is 7.70. The average molecular weight is 409 g/mol. The highest BCUT2D eigenvalue weighted by atomic mass is 32.1. The topological polar surface area (TPSA) is 91.0 Å². The first-order valence-corrected chi connectivity index (χ1v) is 10.5. The number of rotatable bonds is 8. The Kier molecular flexibility index (Phi) is 6.69. The number of hydrogen-bond donors (Lipinski definition) is 2. The predicted octanol–water partition coefficient (Wildman–Crippen LogP) is 1.35. The lowest BCUT2D eigenvalue weighted by atomic mass is 10.1. The first-order chi connectivity index (χ1) is 13.4. The molecule has 1 aromatic rings. The van der Waals surface area contributed by atoms with Gasteiger partial charge < -0.3 is 15.4 Å². The Balaban J connectivity index is 1.46. The van der Waals surface area contributed by atoms with Crippen LogP contribution in [0.15, 0.2) is 17.5 Å². The molecule has 1 atom stereocenters. The van der Waals surface area contributed by atoms with E-state index in [4.69, 9.17) is 4.74 Å². The van der Waals surface area contributed by atoms with Crippen molar-refractivity contribution in [3.05, 3.63) is 22.4 Å². The first-order valence-electron chi connectivity index (χ1n) is 9.64. The zero-order valence-corrected chi connectivity index (χ0v) is 17.2. The molecule has 1 unspecified atom stereocenters. The second-order valence-corrected chi connectivity index (χ2v) is 8.58. The van der Waals surface area contributed by atoms with Crippen molar-refractivity contribution >= 4 is 29.2 Å². The number of thiophene rings is 1. The van der Waals surface area contributed by atoms with E-state index in [1.54, 1.807) is 25.2 Å². The minimum Gasteiger partial charge on any atom is -0.379 e. The Morgan fingerprint density at radius 2 is 2.11 bits per heavy atom. The van der Waals surface area contributed by atoms with Crippen molar-refractivity contribution in [2.24, 2.45) is 0 Å². The number of ether oxygens (including phenoxy) is 1. The van der Waals surface area contributed by atoms with Crippen LogP contribution < -0.4 is 10.6 Å². The lowest BCUT2D eigenvalue weighted by Crippen LogP contribution is -2.43. The fraction of sp³-hybridized carbons (Fsp3) is 0.632. The van der Waals surface area contributed by atoms with Gasteiger partial charge in [0.25, 0.3) is 5.91 Å². The third-order valence-electron chi connectivity index (χ3n) is 5.08. The number of amides is 4. The molecule has 4 amide bonds. The molecular weight excluding hydrogens is 380 g/mol. The van der Waals surface area contributed by atoms with Crippen molar-refractivity contribution in [2.45, 2.75) is 38.3 Å². The van der Waals surface area contributed by atoms with Crippen LogP contribution in [-0.4, -0.2) is 72.6 Å². The van der Waals surface area contributed by atoms with Crippen LogP contribution in [0.3, 0.4) is 0 Å². The summed E-state index contributed by atoms with van der Waals surface area (Å²) in [7, 11) is 0. The first kappa shape index (κ1) is 20.8. The van der Waals surface area contributed by atoms with Crippen LogP contribution in [0.4, 0.5) is 4.79 Å². The van der Waals surface area contributed by atoms with Gasteiger partial charge >= 0.3 is 6.03 Å². The van der Waals surface area contributed by atoms with E-state index in [1.165, 1.54) is 9.78 Å². The third kappa shape index (κ3) is 4.89. The molecule has 3 rings (SSSR count). The van der Waals surface area contributed by atoms with Gasteiger partial charge in [-0.05, 0) is 31.7 Å². The van der Waals surface area contributed by atoms with Gasteiger partial charge in [0.2, 0.25) is 5.91 Å². The van der Waals surface area contributed by atoms with Gasteiger partial charge in [-0.25, -0.2) is 4.79 Å². The molecule has 154 valence electrons. The molecule has 9 heteroatoms. The zero-order chi connectivity index (χ0) is 20.1. The van der Waals surface area contributed by atoms with Gasteiger partial charge in [0.15, 0.2) is 0 Å². The summed E-state index contributed by atoms with van der Waals surface area (Å²) >= 11 is 1.69. The summed E-state index contributed by atoms with van der Waals surface area (Å²) < 4.78 is 5.44. The Hall–Kier alpha value is -1.97. The van der Waals surface area contributed by atoms with Crippen LogP contribution in [0, 0.1) is 0 Å². The summed E-state index contributed by atoms with van der Waals surface area (Å²) in [4.78, 5) is 41.1. The molecule has 2 aliphatic rings. The van der Waals surface area contributed by atoms with Crippen LogP contribution in [0.25, 0.3) is 0 Å². The lowest BCUT2D eigenvalue weighted by molar-refractivity contribution is -0.130. The summed E-state index contributed by atoms with van der Waals surface area (Å²) in [5.74, 6) is -0.316. The Labute approximate surface area is 169 Å². The van der Waals surface area contributed by atoms with Crippen LogP contribution in [-0.2, 0) is 14.3 Å². The number of urea groups is 1. The minimum atomic E-state index is -0.870. The maximum absolute atomic E-state index is 12.3. The van der Waals surface area contributed by atoms with E-state index >= 15 is 0 Å². The van der Waals surface area contributed by atoms with Gasteiger partial charge in [-0.2, -0.15) is 0 Å². The third-order valence-corrected chi connectivity index (χ3v) is 6.05. The van der Waals surface area contributed by atoms with E-state index in [9.17, 15) is 14.4 Å². The maximum atomic E-state index is 12.3. The molecule has 8 nitrogen and oxygen atoms in total. The molecule has 3 heterocycles. The molecule has 0 bridgehead atoms. The Morgan fingerprint density at radius 3 is 2.71 bits per heavy atom. The van der Waals surface area contributed by atoms with Crippen molar-refractivity contribution in [2.75, 3.05) is 39.4 Å². The fourth-order valence-electron chi connectivity index (χ4n) is 3.50. The van der Waals surface area contributed by atoms with Gasteiger partial charge in [0.1, 0.15) is 5.54 Å². The Bertz CT molecular complexity index is 701. The zero-order valence-electron chi connectivity index (χ0n) is 16.4. The van der Waals surface area contributed by atoms with E-state index < -0.39 is 5.54 Å². The van der Waals surface area contributed by atoms with Crippen LogP contribution >= 0.6 is 11.3 Å². The number of nitrogens with zero attached hydrogens (tertiary/aromatic N) is 2. The second kappa shape index (κ2) is 9.02. The minimum absolute atomic E-state index is 0.0684.